The summed E-state index contributed by atoms with van der Waals surface area (Å²) in [6, 6.07) is 0.252. The molecule has 4 heteroatoms. The summed E-state index contributed by atoms with van der Waals surface area (Å²) in [4.78, 5) is 14.4. The summed E-state index contributed by atoms with van der Waals surface area (Å²) in [6.45, 7) is 18.6. The Morgan fingerprint density at radius 2 is 1.89 bits per heavy atom. The molecule has 1 unspecified atom stereocenters. The van der Waals surface area contributed by atoms with Gasteiger partial charge in [0.15, 0.2) is 0 Å². The maximum atomic E-state index is 5.58. The van der Waals surface area contributed by atoms with Crippen molar-refractivity contribution in [2.24, 2.45) is 10.4 Å². The molecule has 0 aliphatic carbocycles. The minimum Gasteiger partial charge on any atom is -0.380 e. The van der Waals surface area contributed by atoms with Gasteiger partial charge in [-0.1, -0.05) is 53.0 Å². The molecule has 1 atom stereocenters. The minimum atomic E-state index is 0.144. The van der Waals surface area contributed by atoms with Crippen molar-refractivity contribution in [3.8, 4) is 0 Å². The average molecular weight is 388 g/mol. The van der Waals surface area contributed by atoms with E-state index in [1.807, 2.05) is 20.0 Å². The van der Waals surface area contributed by atoms with Gasteiger partial charge in [0, 0.05) is 6.61 Å². The van der Waals surface area contributed by atoms with Crippen LogP contribution in [-0.4, -0.2) is 34.9 Å². The molecule has 2 heterocycles. The highest BCUT2D eigenvalue weighted by Crippen LogP contribution is 2.26. The van der Waals surface area contributed by atoms with Crippen LogP contribution in [0.25, 0.3) is 6.08 Å². The summed E-state index contributed by atoms with van der Waals surface area (Å²) in [5.74, 6) is 0. The Morgan fingerprint density at radius 1 is 1.21 bits per heavy atom. The lowest BCUT2D eigenvalue weighted by molar-refractivity contribution is 0.131. The van der Waals surface area contributed by atoms with Gasteiger partial charge in [-0.05, 0) is 51.5 Å². The van der Waals surface area contributed by atoms with Gasteiger partial charge in [-0.2, -0.15) is 0 Å². The Labute approximate surface area is 172 Å². The van der Waals surface area contributed by atoms with Crippen LogP contribution in [0.5, 0.6) is 0 Å². The van der Waals surface area contributed by atoms with Gasteiger partial charge < -0.3 is 4.74 Å². The fourth-order valence-electron chi connectivity index (χ4n) is 2.78. The molecule has 158 valence electrons. The molecule has 0 bridgehead atoms. The molecule has 1 aromatic rings. The van der Waals surface area contributed by atoms with E-state index in [4.69, 9.17) is 14.7 Å². The Hall–Kier alpha value is -1.55. The van der Waals surface area contributed by atoms with E-state index in [0.29, 0.717) is 6.61 Å². The van der Waals surface area contributed by atoms with Gasteiger partial charge >= 0.3 is 0 Å². The van der Waals surface area contributed by atoms with Crippen LogP contribution < -0.4 is 0 Å². The molecule has 0 N–H and O–H groups in total. The number of allylic oxidation sites excluding steroid dienone is 1. The average Bonchev–Trinajstić information content (AvgIpc) is 2.87. The first-order valence-corrected chi connectivity index (χ1v) is 10.9. The van der Waals surface area contributed by atoms with Gasteiger partial charge in [0.2, 0.25) is 0 Å². The van der Waals surface area contributed by atoms with Gasteiger partial charge in [0.25, 0.3) is 0 Å². The Morgan fingerprint density at radius 3 is 2.46 bits per heavy atom. The topological polar surface area (TPSA) is 47.4 Å². The molecule has 4 nitrogen and oxygen atoms in total. The van der Waals surface area contributed by atoms with Crippen molar-refractivity contribution in [1.29, 1.82) is 0 Å². The first kappa shape index (κ1) is 24.5. The standard InChI is InChI=1S/C21H33N3O.C3H8/c1-7-25-14-17-10-8-9-11-18(24-17)20-13-22-19(16(3)23-20)12-15(2)21(4,5)6;1-3-2/h12-13,17H,7-11,14H2,1-6H3;3H2,1-2H3/b15-12+;. The molecule has 0 amide bonds. The predicted octanol–water partition coefficient (Wildman–Crippen LogP) is 6.42. The molecular formula is C24H41N3O. The number of hydrogen-bond donors (Lipinski definition) is 0. The Balaban J connectivity index is 0.00000122. The smallest absolute Gasteiger partial charge is 0.103 e. The highest BCUT2D eigenvalue weighted by atomic mass is 16.5. The van der Waals surface area contributed by atoms with Crippen LogP contribution in [0.2, 0.25) is 0 Å². The molecule has 0 fully saturated rings. The highest BCUT2D eigenvalue weighted by Gasteiger charge is 2.17. The zero-order valence-corrected chi connectivity index (χ0v) is 19.4. The zero-order valence-electron chi connectivity index (χ0n) is 19.4. The number of aromatic nitrogens is 2. The van der Waals surface area contributed by atoms with Crippen molar-refractivity contribution >= 4 is 11.8 Å². The van der Waals surface area contributed by atoms with Crippen molar-refractivity contribution in [2.45, 2.75) is 93.5 Å². The van der Waals surface area contributed by atoms with Gasteiger partial charge in [-0.15, -0.1) is 0 Å². The Kier molecular flexibility index (Phi) is 10.6. The summed E-state index contributed by atoms with van der Waals surface area (Å²) in [7, 11) is 0. The van der Waals surface area contributed by atoms with Crippen molar-refractivity contribution in [3.63, 3.8) is 0 Å². The lowest BCUT2D eigenvalue weighted by Crippen LogP contribution is -2.15. The monoisotopic (exact) mass is 387 g/mol. The van der Waals surface area contributed by atoms with E-state index in [1.165, 1.54) is 18.4 Å². The molecule has 0 radical (unpaired) electrons. The highest BCUT2D eigenvalue weighted by molar-refractivity contribution is 5.99. The van der Waals surface area contributed by atoms with Gasteiger partial charge in [0.05, 0.1) is 35.9 Å². The molecule has 1 aromatic heterocycles. The molecule has 28 heavy (non-hydrogen) atoms. The third-order valence-electron chi connectivity index (χ3n) is 4.87. The van der Waals surface area contributed by atoms with Crippen LogP contribution in [-0.2, 0) is 4.74 Å². The van der Waals surface area contributed by atoms with E-state index in [2.05, 4.69) is 52.6 Å². The summed E-state index contributed by atoms with van der Waals surface area (Å²) in [6.07, 6.45) is 9.72. The summed E-state index contributed by atoms with van der Waals surface area (Å²) < 4.78 is 5.58. The van der Waals surface area contributed by atoms with Crippen LogP contribution in [0.1, 0.15) is 97.7 Å². The molecule has 0 aromatic carbocycles. The van der Waals surface area contributed by atoms with Crippen molar-refractivity contribution < 1.29 is 4.74 Å². The van der Waals surface area contributed by atoms with E-state index in [0.717, 1.165) is 48.7 Å². The van der Waals surface area contributed by atoms with Crippen LogP contribution in [0, 0.1) is 12.3 Å². The van der Waals surface area contributed by atoms with Crippen molar-refractivity contribution in [2.75, 3.05) is 13.2 Å². The first-order chi connectivity index (χ1) is 13.2. The van der Waals surface area contributed by atoms with E-state index in [1.54, 1.807) is 0 Å². The van der Waals surface area contributed by atoms with E-state index >= 15 is 0 Å². The molecule has 1 aliphatic heterocycles. The maximum Gasteiger partial charge on any atom is 0.103 e. The van der Waals surface area contributed by atoms with Crippen molar-refractivity contribution in [3.05, 3.63) is 28.9 Å². The number of nitrogens with zero attached hydrogens (tertiary/aromatic N) is 3. The molecule has 0 saturated carbocycles. The minimum absolute atomic E-state index is 0.144. The third kappa shape index (κ3) is 8.22. The third-order valence-corrected chi connectivity index (χ3v) is 4.87. The number of ether oxygens (including phenoxy) is 1. The zero-order chi connectivity index (χ0) is 21.2. The summed E-state index contributed by atoms with van der Waals surface area (Å²) in [5, 5.41) is 0. The molecule has 1 aliphatic rings. The lowest BCUT2D eigenvalue weighted by atomic mass is 9.87. The van der Waals surface area contributed by atoms with Crippen molar-refractivity contribution in [1.82, 2.24) is 9.97 Å². The molecule has 0 spiro atoms. The van der Waals surface area contributed by atoms with Crippen LogP contribution >= 0.6 is 0 Å². The fraction of sp³-hybridized carbons (Fsp3) is 0.708. The number of aryl methyl sites for hydroxylation is 1. The first-order valence-electron chi connectivity index (χ1n) is 10.9. The number of hydrogen-bond acceptors (Lipinski definition) is 4. The predicted molar refractivity (Wildman–Crippen MR) is 121 cm³/mol. The summed E-state index contributed by atoms with van der Waals surface area (Å²) in [5.41, 5.74) is 5.38. The van der Waals surface area contributed by atoms with Crippen LogP contribution in [0.15, 0.2) is 16.8 Å². The normalized spacial score (nSPS) is 18.1. The van der Waals surface area contributed by atoms with E-state index in [-0.39, 0.29) is 11.5 Å². The van der Waals surface area contributed by atoms with Crippen LogP contribution in [0.3, 0.4) is 0 Å². The number of rotatable bonds is 5. The fourth-order valence-corrected chi connectivity index (χ4v) is 2.78. The molecule has 2 rings (SSSR count). The largest absolute Gasteiger partial charge is 0.380 e. The second-order valence-electron chi connectivity index (χ2n) is 8.65. The van der Waals surface area contributed by atoms with Gasteiger partial charge in [-0.3, -0.25) is 9.98 Å². The molecule has 0 saturated heterocycles. The number of aliphatic imine (C=N–C) groups is 1. The van der Waals surface area contributed by atoms with Gasteiger partial charge in [0.1, 0.15) is 5.69 Å². The summed E-state index contributed by atoms with van der Waals surface area (Å²) >= 11 is 0. The molecular weight excluding hydrogens is 346 g/mol. The van der Waals surface area contributed by atoms with E-state index in [9.17, 15) is 0 Å². The Bertz CT molecular complexity index is 656. The second-order valence-corrected chi connectivity index (χ2v) is 8.65. The lowest BCUT2D eigenvalue weighted by Gasteiger charge is -2.19. The van der Waals surface area contributed by atoms with Crippen LogP contribution in [0.4, 0.5) is 0 Å². The van der Waals surface area contributed by atoms with Gasteiger partial charge in [-0.25, -0.2) is 4.98 Å². The second kappa shape index (κ2) is 12.1. The maximum absolute atomic E-state index is 5.58. The SMILES string of the molecule is CCC.CCOCC1CCCCC(c2cnc(/C=C(\C)C(C)(C)C)c(C)n2)=N1. The van der Waals surface area contributed by atoms with E-state index < -0.39 is 0 Å². The quantitative estimate of drug-likeness (QED) is 0.585.